The Bertz CT molecular complexity index is 1190. The number of carbonyl (C=O) groups excluding carboxylic acids is 1. The number of para-hydroxylation sites is 1. The maximum Gasteiger partial charge on any atom is 0.202 e. The molecule has 0 saturated carbocycles. The van der Waals surface area contributed by atoms with Gasteiger partial charge in [-0.2, -0.15) is 5.10 Å². The van der Waals surface area contributed by atoms with E-state index in [1.807, 2.05) is 97.9 Å². The van der Waals surface area contributed by atoms with Crippen LogP contribution in [-0.2, 0) is 0 Å². The van der Waals surface area contributed by atoms with E-state index >= 15 is 0 Å². The molecule has 0 atom stereocenters. The number of hydrogen-bond acceptors (Lipinski definition) is 4. The van der Waals surface area contributed by atoms with Gasteiger partial charge >= 0.3 is 0 Å². The third kappa shape index (κ3) is 4.61. The van der Waals surface area contributed by atoms with Gasteiger partial charge in [0, 0.05) is 11.3 Å². The summed E-state index contributed by atoms with van der Waals surface area (Å²) < 4.78 is 6.93. The van der Waals surface area contributed by atoms with E-state index in [1.54, 1.807) is 11.8 Å². The third-order valence-corrected chi connectivity index (χ3v) is 5.03. The Morgan fingerprint density at radius 2 is 1.58 bits per heavy atom. The van der Waals surface area contributed by atoms with Gasteiger partial charge in [0.2, 0.25) is 5.78 Å². The molecular formula is C26H23N3O2. The van der Waals surface area contributed by atoms with Crippen LogP contribution in [0, 0.1) is 0 Å². The molecule has 0 saturated heterocycles. The molecule has 0 N–H and O–H groups in total. The Morgan fingerprint density at radius 1 is 0.935 bits per heavy atom. The van der Waals surface area contributed by atoms with Crippen LogP contribution in [0.1, 0.15) is 23.0 Å². The Labute approximate surface area is 181 Å². The lowest BCUT2D eigenvalue weighted by Gasteiger charge is -2.06. The number of rotatable bonds is 7. The molecule has 0 bridgehead atoms. The van der Waals surface area contributed by atoms with Gasteiger partial charge in [-0.3, -0.25) is 9.79 Å². The van der Waals surface area contributed by atoms with Crippen LogP contribution >= 0.6 is 0 Å². The highest BCUT2D eigenvalue weighted by Crippen LogP contribution is 2.24. The smallest absolute Gasteiger partial charge is 0.202 e. The normalized spacial score (nSPS) is 11.4. The van der Waals surface area contributed by atoms with Crippen molar-refractivity contribution < 1.29 is 9.53 Å². The maximum absolute atomic E-state index is 13.1. The number of ether oxygens (including phenoxy) is 1. The fraction of sp³-hybridized carbons (Fsp3) is 0.115. The lowest BCUT2D eigenvalue weighted by atomic mass is 10.1. The van der Waals surface area contributed by atoms with Crippen molar-refractivity contribution in [3.05, 3.63) is 102 Å². The van der Waals surface area contributed by atoms with Crippen molar-refractivity contribution in [3.8, 4) is 22.7 Å². The number of aliphatic imine (C=N–C) groups is 1. The zero-order valence-electron chi connectivity index (χ0n) is 17.5. The van der Waals surface area contributed by atoms with Gasteiger partial charge < -0.3 is 4.74 Å². The fourth-order valence-corrected chi connectivity index (χ4v) is 3.29. The molecule has 3 aromatic carbocycles. The van der Waals surface area contributed by atoms with Gasteiger partial charge in [-0.1, -0.05) is 48.5 Å². The van der Waals surface area contributed by atoms with Crippen LogP contribution in [0.2, 0.25) is 0 Å². The van der Waals surface area contributed by atoms with E-state index < -0.39 is 0 Å². The minimum Gasteiger partial charge on any atom is -0.497 e. The number of aromatic nitrogens is 2. The molecule has 5 nitrogen and oxygen atoms in total. The largest absolute Gasteiger partial charge is 0.497 e. The second-order valence-corrected chi connectivity index (χ2v) is 7.08. The average molecular weight is 409 g/mol. The summed E-state index contributed by atoms with van der Waals surface area (Å²) in [5, 5.41) is 4.72. The number of hydrogen-bond donors (Lipinski definition) is 0. The van der Waals surface area contributed by atoms with Crippen molar-refractivity contribution in [2.24, 2.45) is 4.99 Å². The van der Waals surface area contributed by atoms with Crippen LogP contribution in [0.15, 0.2) is 96.0 Å². The lowest BCUT2D eigenvalue weighted by molar-refractivity contribution is 0.0994. The van der Waals surface area contributed by atoms with Crippen molar-refractivity contribution >= 4 is 11.5 Å². The van der Waals surface area contributed by atoms with Crippen LogP contribution in [0.25, 0.3) is 16.9 Å². The molecule has 0 radical (unpaired) electrons. The predicted molar refractivity (Wildman–Crippen MR) is 123 cm³/mol. The van der Waals surface area contributed by atoms with Gasteiger partial charge in [-0.15, -0.1) is 0 Å². The molecule has 0 fully saturated rings. The standard InChI is InChI=1S/C26H23N3O2/c1-19(20-9-5-3-6-10-20)27-18-26(30)25-17-24(21-13-15-23(31-2)16-14-21)28-29(25)22-11-7-4-8-12-22/h3-17H,18H2,1-2H3. The number of benzene rings is 3. The molecule has 0 spiro atoms. The van der Waals surface area contributed by atoms with E-state index in [4.69, 9.17) is 9.84 Å². The number of nitrogens with zero attached hydrogens (tertiary/aromatic N) is 3. The Hall–Kier alpha value is -3.99. The van der Waals surface area contributed by atoms with Crippen LogP contribution in [0.4, 0.5) is 0 Å². The number of ketones is 1. The molecule has 1 heterocycles. The summed E-state index contributed by atoms with van der Waals surface area (Å²) in [5.41, 5.74) is 4.80. The van der Waals surface area contributed by atoms with Gasteiger partial charge in [0.25, 0.3) is 0 Å². The van der Waals surface area contributed by atoms with Crippen molar-refractivity contribution in [3.63, 3.8) is 0 Å². The SMILES string of the molecule is COc1ccc(-c2cc(C(=O)CN=C(C)c3ccccc3)n(-c3ccccc3)n2)cc1. The Balaban J connectivity index is 1.68. The predicted octanol–water partition coefficient (Wildman–Crippen LogP) is 5.24. The summed E-state index contributed by atoms with van der Waals surface area (Å²) in [7, 11) is 1.63. The van der Waals surface area contributed by atoms with Gasteiger partial charge in [0.05, 0.1) is 18.5 Å². The summed E-state index contributed by atoms with van der Waals surface area (Å²) in [6, 6.07) is 29.0. The highest BCUT2D eigenvalue weighted by Gasteiger charge is 2.17. The molecule has 4 rings (SSSR count). The van der Waals surface area contributed by atoms with E-state index in [0.29, 0.717) is 5.69 Å². The summed E-state index contributed by atoms with van der Waals surface area (Å²) >= 11 is 0. The van der Waals surface area contributed by atoms with Gasteiger partial charge in [-0.25, -0.2) is 4.68 Å². The molecule has 0 aliphatic heterocycles. The molecule has 0 aliphatic rings. The topological polar surface area (TPSA) is 56.5 Å². The van der Waals surface area contributed by atoms with E-state index in [-0.39, 0.29) is 12.3 Å². The molecule has 5 heteroatoms. The fourth-order valence-electron chi connectivity index (χ4n) is 3.29. The summed E-state index contributed by atoms with van der Waals surface area (Å²) in [4.78, 5) is 17.7. The highest BCUT2D eigenvalue weighted by molar-refractivity contribution is 6.02. The monoisotopic (exact) mass is 409 g/mol. The number of Topliss-reactive ketones (excluding diaryl/α,β-unsaturated/α-hetero) is 1. The van der Waals surface area contributed by atoms with Crippen LogP contribution in [0.5, 0.6) is 5.75 Å². The summed E-state index contributed by atoms with van der Waals surface area (Å²) in [6.07, 6.45) is 0. The van der Waals surface area contributed by atoms with Crippen molar-refractivity contribution in [2.45, 2.75) is 6.92 Å². The van der Waals surface area contributed by atoms with Crippen LogP contribution < -0.4 is 4.74 Å². The second-order valence-electron chi connectivity index (χ2n) is 7.08. The first-order valence-corrected chi connectivity index (χ1v) is 10.1. The van der Waals surface area contributed by atoms with Crippen molar-refractivity contribution in [2.75, 3.05) is 13.7 Å². The molecule has 4 aromatic rings. The highest BCUT2D eigenvalue weighted by atomic mass is 16.5. The lowest BCUT2D eigenvalue weighted by Crippen LogP contribution is -2.12. The van der Waals surface area contributed by atoms with E-state index in [0.717, 1.165) is 34.0 Å². The molecule has 0 amide bonds. The quantitative estimate of drug-likeness (QED) is 0.310. The molecule has 0 unspecified atom stereocenters. The van der Waals surface area contributed by atoms with Gasteiger partial charge in [0.1, 0.15) is 18.0 Å². The van der Waals surface area contributed by atoms with E-state index in [1.165, 1.54) is 0 Å². The first kappa shape index (κ1) is 20.3. The van der Waals surface area contributed by atoms with E-state index in [9.17, 15) is 4.79 Å². The van der Waals surface area contributed by atoms with Gasteiger partial charge in [0.15, 0.2) is 0 Å². The molecular weight excluding hydrogens is 386 g/mol. The first-order chi connectivity index (χ1) is 15.2. The molecule has 1 aromatic heterocycles. The molecule has 154 valence electrons. The summed E-state index contributed by atoms with van der Waals surface area (Å²) in [5.74, 6) is 0.680. The molecule has 31 heavy (non-hydrogen) atoms. The van der Waals surface area contributed by atoms with Crippen molar-refractivity contribution in [1.82, 2.24) is 9.78 Å². The average Bonchev–Trinajstić information content (AvgIpc) is 3.29. The summed E-state index contributed by atoms with van der Waals surface area (Å²) in [6.45, 7) is 1.97. The Morgan fingerprint density at radius 3 is 2.23 bits per heavy atom. The van der Waals surface area contributed by atoms with Gasteiger partial charge in [-0.05, 0) is 55.0 Å². The third-order valence-electron chi connectivity index (χ3n) is 5.03. The minimum absolute atomic E-state index is 0.0569. The number of carbonyl (C=O) groups is 1. The zero-order valence-corrected chi connectivity index (χ0v) is 17.5. The Kier molecular flexibility index (Phi) is 6.03. The molecule has 0 aliphatic carbocycles. The minimum atomic E-state index is -0.0913. The van der Waals surface area contributed by atoms with Crippen LogP contribution in [0.3, 0.4) is 0 Å². The zero-order chi connectivity index (χ0) is 21.6. The first-order valence-electron chi connectivity index (χ1n) is 10.1. The van der Waals surface area contributed by atoms with Crippen molar-refractivity contribution in [1.29, 1.82) is 0 Å². The number of methoxy groups -OCH3 is 1. The maximum atomic E-state index is 13.1. The van der Waals surface area contributed by atoms with E-state index in [2.05, 4.69) is 4.99 Å². The second kappa shape index (κ2) is 9.22. The van der Waals surface area contributed by atoms with Crippen LogP contribution in [-0.4, -0.2) is 34.9 Å².